The predicted molar refractivity (Wildman–Crippen MR) is 78.3 cm³/mol. The molecule has 0 spiro atoms. The maximum Gasteiger partial charge on any atom is 0.148 e. The summed E-state index contributed by atoms with van der Waals surface area (Å²) in [7, 11) is -2.85. The first-order valence-corrected chi connectivity index (χ1v) is 9.24. The molecule has 19 heavy (non-hydrogen) atoms. The van der Waals surface area contributed by atoms with Crippen LogP contribution < -0.4 is 0 Å². The molecule has 1 rings (SSSR count). The Morgan fingerprint density at radius 2 is 1.95 bits per heavy atom. The van der Waals surface area contributed by atoms with Crippen LogP contribution in [0.3, 0.4) is 0 Å². The van der Waals surface area contributed by atoms with Gasteiger partial charge in [0.25, 0.3) is 0 Å². The molecule has 1 fully saturated rings. The number of sulfone groups is 1. The van der Waals surface area contributed by atoms with Gasteiger partial charge in [-0.3, -0.25) is 9.80 Å². The van der Waals surface area contributed by atoms with Gasteiger partial charge in [-0.25, -0.2) is 8.42 Å². The van der Waals surface area contributed by atoms with Gasteiger partial charge in [0, 0.05) is 51.6 Å². The molecule has 0 N–H and O–H groups in total. The average Bonchev–Trinajstić information content (AvgIpc) is 2.36. The van der Waals surface area contributed by atoms with Gasteiger partial charge in [-0.2, -0.15) is 0 Å². The molecule has 0 aromatic rings. The summed E-state index contributed by atoms with van der Waals surface area (Å²) in [6.45, 7) is 10.3. The van der Waals surface area contributed by atoms with Crippen LogP contribution in [0.25, 0.3) is 0 Å². The molecular formula is C13H28N2O3S. The fourth-order valence-corrected chi connectivity index (χ4v) is 3.05. The van der Waals surface area contributed by atoms with Crippen LogP contribution in [0.2, 0.25) is 0 Å². The molecule has 0 aromatic carbocycles. The summed E-state index contributed by atoms with van der Waals surface area (Å²) >= 11 is 0. The minimum absolute atomic E-state index is 0.266. The highest BCUT2D eigenvalue weighted by molar-refractivity contribution is 7.90. The first-order valence-electron chi connectivity index (χ1n) is 7.18. The van der Waals surface area contributed by atoms with Gasteiger partial charge in [0.1, 0.15) is 9.84 Å². The number of hydrogen-bond donors (Lipinski definition) is 0. The van der Waals surface area contributed by atoms with Crippen molar-refractivity contribution in [3.63, 3.8) is 0 Å². The van der Waals surface area contributed by atoms with Crippen molar-refractivity contribution in [1.82, 2.24) is 9.80 Å². The number of piperazine rings is 1. The van der Waals surface area contributed by atoms with Crippen LogP contribution in [0.15, 0.2) is 0 Å². The van der Waals surface area contributed by atoms with Crippen LogP contribution in [0.5, 0.6) is 0 Å². The summed E-state index contributed by atoms with van der Waals surface area (Å²) in [4.78, 5) is 4.74. The highest BCUT2D eigenvalue weighted by atomic mass is 32.2. The summed E-state index contributed by atoms with van der Waals surface area (Å²) < 4.78 is 27.8. The van der Waals surface area contributed by atoms with Crippen LogP contribution in [-0.4, -0.2) is 82.2 Å². The Bertz CT molecular complexity index is 346. The summed E-state index contributed by atoms with van der Waals surface area (Å²) in [6, 6.07) is 0.522. The van der Waals surface area contributed by atoms with Crippen molar-refractivity contribution in [2.45, 2.75) is 26.3 Å². The van der Waals surface area contributed by atoms with E-state index in [-0.39, 0.29) is 5.75 Å². The third kappa shape index (κ3) is 6.70. The molecule has 0 aromatic heterocycles. The number of rotatable bonds is 8. The van der Waals surface area contributed by atoms with Crippen molar-refractivity contribution in [3.8, 4) is 0 Å². The fourth-order valence-electron chi connectivity index (χ4n) is 2.46. The van der Waals surface area contributed by atoms with Gasteiger partial charge >= 0.3 is 0 Å². The molecule has 1 heterocycles. The predicted octanol–water partition coefficient (Wildman–Crippen LogP) is 0.464. The van der Waals surface area contributed by atoms with Gasteiger partial charge in [-0.05, 0) is 13.3 Å². The van der Waals surface area contributed by atoms with Crippen molar-refractivity contribution < 1.29 is 13.2 Å². The number of ether oxygens (including phenoxy) is 1. The van der Waals surface area contributed by atoms with Crippen molar-refractivity contribution in [3.05, 3.63) is 0 Å². The average molecular weight is 292 g/mol. The van der Waals surface area contributed by atoms with E-state index in [0.29, 0.717) is 12.6 Å². The molecule has 0 aliphatic carbocycles. The number of hydrogen-bond acceptors (Lipinski definition) is 5. The Morgan fingerprint density at radius 3 is 2.53 bits per heavy atom. The number of nitrogens with zero attached hydrogens (tertiary/aromatic N) is 2. The summed E-state index contributed by atoms with van der Waals surface area (Å²) in [5.74, 6) is 0.266. The second-order valence-corrected chi connectivity index (χ2v) is 7.49. The first-order chi connectivity index (χ1) is 8.96. The zero-order valence-corrected chi connectivity index (χ0v) is 13.3. The molecule has 1 atom stereocenters. The standard InChI is InChI=1S/C13H28N2O3S/c1-4-13-12-14(9-11-19(3,16)17)6-7-15(13)8-10-18-5-2/h13H,4-12H2,1-3H3/t13-/m0/s1. The Balaban J connectivity index is 2.37. The third-order valence-electron chi connectivity index (χ3n) is 3.67. The molecule has 0 saturated carbocycles. The summed E-state index contributed by atoms with van der Waals surface area (Å²) in [6.07, 6.45) is 2.41. The normalized spacial score (nSPS) is 22.8. The maximum atomic E-state index is 11.2. The van der Waals surface area contributed by atoms with Gasteiger partial charge in [-0.1, -0.05) is 6.92 Å². The van der Waals surface area contributed by atoms with E-state index in [0.717, 1.165) is 45.8 Å². The van der Waals surface area contributed by atoms with Crippen molar-refractivity contribution in [1.29, 1.82) is 0 Å². The fraction of sp³-hybridized carbons (Fsp3) is 1.00. The van der Waals surface area contributed by atoms with Crippen LogP contribution in [0.1, 0.15) is 20.3 Å². The summed E-state index contributed by atoms with van der Waals surface area (Å²) in [5.41, 5.74) is 0. The van der Waals surface area contributed by atoms with E-state index >= 15 is 0 Å². The van der Waals surface area contributed by atoms with Crippen molar-refractivity contribution >= 4 is 9.84 Å². The molecule has 5 nitrogen and oxygen atoms in total. The third-order valence-corrected chi connectivity index (χ3v) is 4.59. The second-order valence-electron chi connectivity index (χ2n) is 5.23. The van der Waals surface area contributed by atoms with E-state index in [1.165, 1.54) is 6.26 Å². The van der Waals surface area contributed by atoms with E-state index in [4.69, 9.17) is 4.74 Å². The largest absolute Gasteiger partial charge is 0.380 e. The Hall–Kier alpha value is -0.170. The van der Waals surface area contributed by atoms with Crippen LogP contribution in [0, 0.1) is 0 Å². The van der Waals surface area contributed by atoms with Gasteiger partial charge < -0.3 is 4.74 Å². The lowest BCUT2D eigenvalue weighted by Crippen LogP contribution is -2.54. The molecule has 0 radical (unpaired) electrons. The van der Waals surface area contributed by atoms with Gasteiger partial charge in [0.05, 0.1) is 12.4 Å². The SMILES string of the molecule is CCOCCN1CCN(CCS(C)(=O)=O)C[C@@H]1CC. The molecular weight excluding hydrogens is 264 g/mol. The molecule has 0 bridgehead atoms. The van der Waals surface area contributed by atoms with Crippen molar-refractivity contribution in [2.75, 3.05) is 57.9 Å². The van der Waals surface area contributed by atoms with Gasteiger partial charge in [0.2, 0.25) is 0 Å². The van der Waals surface area contributed by atoms with Crippen LogP contribution in [-0.2, 0) is 14.6 Å². The highest BCUT2D eigenvalue weighted by Crippen LogP contribution is 2.12. The van der Waals surface area contributed by atoms with E-state index in [9.17, 15) is 8.42 Å². The molecule has 0 unspecified atom stereocenters. The quantitative estimate of drug-likeness (QED) is 0.609. The lowest BCUT2D eigenvalue weighted by Gasteiger charge is -2.41. The first kappa shape index (κ1) is 16.9. The van der Waals surface area contributed by atoms with E-state index < -0.39 is 9.84 Å². The molecule has 114 valence electrons. The second kappa shape index (κ2) is 8.19. The molecule has 1 aliphatic heterocycles. The zero-order chi connectivity index (χ0) is 14.3. The lowest BCUT2D eigenvalue weighted by atomic mass is 10.1. The topological polar surface area (TPSA) is 49.9 Å². The Labute approximate surface area is 117 Å². The van der Waals surface area contributed by atoms with Crippen LogP contribution >= 0.6 is 0 Å². The molecule has 1 saturated heterocycles. The van der Waals surface area contributed by atoms with E-state index in [1.54, 1.807) is 0 Å². The molecule has 0 amide bonds. The highest BCUT2D eigenvalue weighted by Gasteiger charge is 2.25. The minimum Gasteiger partial charge on any atom is -0.380 e. The summed E-state index contributed by atoms with van der Waals surface area (Å²) in [5, 5.41) is 0. The Morgan fingerprint density at radius 1 is 1.21 bits per heavy atom. The zero-order valence-electron chi connectivity index (χ0n) is 12.5. The minimum atomic E-state index is -2.85. The Kier molecular flexibility index (Phi) is 7.28. The van der Waals surface area contributed by atoms with Gasteiger partial charge in [0.15, 0.2) is 0 Å². The van der Waals surface area contributed by atoms with E-state index in [2.05, 4.69) is 16.7 Å². The lowest BCUT2D eigenvalue weighted by molar-refractivity contribution is 0.0435. The van der Waals surface area contributed by atoms with Crippen LogP contribution in [0.4, 0.5) is 0 Å². The van der Waals surface area contributed by atoms with Crippen molar-refractivity contribution in [2.24, 2.45) is 0 Å². The monoisotopic (exact) mass is 292 g/mol. The molecule has 6 heteroatoms. The smallest absolute Gasteiger partial charge is 0.148 e. The molecule has 1 aliphatic rings. The maximum absolute atomic E-state index is 11.2. The van der Waals surface area contributed by atoms with Gasteiger partial charge in [-0.15, -0.1) is 0 Å². The van der Waals surface area contributed by atoms with E-state index in [1.807, 2.05) is 6.92 Å².